The maximum Gasteiger partial charge on any atom is 0.0473 e. The first-order valence-electron chi connectivity index (χ1n) is 4.56. The molecule has 1 nitrogen and oxygen atoms in total. The number of hydrogen-bond donors (Lipinski definition) is 0. The Labute approximate surface area is 80.4 Å². The summed E-state index contributed by atoms with van der Waals surface area (Å²) in [5, 5.41) is 0. The van der Waals surface area contributed by atoms with Crippen molar-refractivity contribution in [2.75, 3.05) is 0 Å². The van der Waals surface area contributed by atoms with Gasteiger partial charge in [0.15, 0.2) is 0 Å². The van der Waals surface area contributed by atoms with Crippen molar-refractivity contribution in [1.82, 2.24) is 4.57 Å². The maximum absolute atomic E-state index is 3.80. The highest BCUT2D eigenvalue weighted by Gasteiger charge is 2.09. The van der Waals surface area contributed by atoms with Gasteiger partial charge in [0.2, 0.25) is 0 Å². The van der Waals surface area contributed by atoms with Gasteiger partial charge in [0.25, 0.3) is 0 Å². The van der Waals surface area contributed by atoms with Gasteiger partial charge in [0.05, 0.1) is 0 Å². The fourth-order valence-electron chi connectivity index (χ4n) is 1.64. The Morgan fingerprint density at radius 1 is 1.31 bits per heavy atom. The summed E-state index contributed by atoms with van der Waals surface area (Å²) in [5.74, 6) is 0.539. The van der Waals surface area contributed by atoms with Crippen LogP contribution in [0.15, 0.2) is 19.2 Å². The zero-order valence-corrected chi connectivity index (χ0v) is 8.67. The van der Waals surface area contributed by atoms with E-state index in [9.17, 15) is 0 Å². The van der Waals surface area contributed by atoms with Crippen LogP contribution < -0.4 is 0 Å². The minimum Gasteiger partial charge on any atom is -0.347 e. The first-order chi connectivity index (χ1) is 6.11. The third kappa shape index (κ3) is 1.59. The van der Waals surface area contributed by atoms with Crippen molar-refractivity contribution >= 4 is 12.2 Å². The first kappa shape index (κ1) is 9.85. The third-order valence-electron chi connectivity index (χ3n) is 2.35. The van der Waals surface area contributed by atoms with Crippen LogP contribution >= 0.6 is 0 Å². The van der Waals surface area contributed by atoms with Gasteiger partial charge in [-0.05, 0) is 23.6 Å². The molecule has 1 heteroatoms. The van der Waals surface area contributed by atoms with Gasteiger partial charge in [-0.25, -0.2) is 0 Å². The molecule has 0 unspecified atom stereocenters. The molecule has 0 fully saturated rings. The molecule has 0 amide bonds. The van der Waals surface area contributed by atoms with E-state index >= 15 is 0 Å². The van der Waals surface area contributed by atoms with Gasteiger partial charge in [-0.15, -0.1) is 0 Å². The molecule has 0 spiro atoms. The summed E-state index contributed by atoms with van der Waals surface area (Å²) in [6.45, 7) is 12.0. The number of rotatable bonds is 3. The largest absolute Gasteiger partial charge is 0.347 e. The van der Waals surface area contributed by atoms with Gasteiger partial charge in [0.1, 0.15) is 0 Å². The maximum atomic E-state index is 3.80. The van der Waals surface area contributed by atoms with Crippen LogP contribution in [0.25, 0.3) is 12.2 Å². The molecular formula is C12H17N. The van der Waals surface area contributed by atoms with Crippen LogP contribution in [0.4, 0.5) is 0 Å². The minimum atomic E-state index is 0.539. The summed E-state index contributed by atoms with van der Waals surface area (Å²) in [4.78, 5) is 0. The molecule has 0 aliphatic heterocycles. The van der Waals surface area contributed by atoms with E-state index < -0.39 is 0 Å². The zero-order valence-electron chi connectivity index (χ0n) is 8.67. The molecule has 0 aliphatic rings. The Kier molecular flexibility index (Phi) is 2.76. The molecule has 70 valence electrons. The molecule has 1 heterocycles. The van der Waals surface area contributed by atoms with Crippen molar-refractivity contribution in [2.45, 2.75) is 19.8 Å². The molecule has 0 saturated heterocycles. The fraction of sp³-hybridized carbons (Fsp3) is 0.333. The monoisotopic (exact) mass is 175 g/mol. The molecule has 1 rings (SSSR count). The highest BCUT2D eigenvalue weighted by atomic mass is 15.0. The smallest absolute Gasteiger partial charge is 0.0473 e. The van der Waals surface area contributed by atoms with E-state index in [2.05, 4.69) is 44.7 Å². The molecule has 13 heavy (non-hydrogen) atoms. The van der Waals surface area contributed by atoms with Crippen molar-refractivity contribution in [3.05, 3.63) is 36.2 Å². The Hall–Kier alpha value is -1.24. The molecular weight excluding hydrogens is 158 g/mol. The van der Waals surface area contributed by atoms with Gasteiger partial charge in [0, 0.05) is 18.4 Å². The molecule has 0 aromatic carbocycles. The predicted molar refractivity (Wildman–Crippen MR) is 59.7 cm³/mol. The van der Waals surface area contributed by atoms with E-state index in [0.717, 1.165) is 5.69 Å². The summed E-state index contributed by atoms with van der Waals surface area (Å²) in [6.07, 6.45) is 3.76. The van der Waals surface area contributed by atoms with Crippen LogP contribution in [0.3, 0.4) is 0 Å². The molecule has 1 aromatic heterocycles. The number of hydrogen-bond acceptors (Lipinski definition) is 0. The molecule has 0 saturated carbocycles. The molecule has 1 aromatic rings. The van der Waals surface area contributed by atoms with E-state index in [4.69, 9.17) is 0 Å². The van der Waals surface area contributed by atoms with Gasteiger partial charge >= 0.3 is 0 Å². The molecule has 0 N–H and O–H groups in total. The lowest BCUT2D eigenvalue weighted by molar-refractivity contribution is 0.737. The summed E-state index contributed by atoms with van der Waals surface area (Å²) in [6, 6.07) is 2.18. The second-order valence-corrected chi connectivity index (χ2v) is 3.53. The summed E-state index contributed by atoms with van der Waals surface area (Å²) >= 11 is 0. The van der Waals surface area contributed by atoms with Crippen molar-refractivity contribution < 1.29 is 0 Å². The Balaban J connectivity index is 3.34. The second-order valence-electron chi connectivity index (χ2n) is 3.53. The third-order valence-corrected chi connectivity index (χ3v) is 2.35. The molecule has 0 bridgehead atoms. The number of aromatic nitrogens is 1. The average Bonchev–Trinajstić information content (AvgIpc) is 2.41. The zero-order chi connectivity index (χ0) is 10.0. The lowest BCUT2D eigenvalue weighted by Crippen LogP contribution is -1.99. The van der Waals surface area contributed by atoms with E-state index in [1.807, 2.05) is 12.2 Å². The lowest BCUT2D eigenvalue weighted by atomic mass is 10.1. The van der Waals surface area contributed by atoms with Gasteiger partial charge < -0.3 is 4.57 Å². The van der Waals surface area contributed by atoms with E-state index in [0.29, 0.717) is 5.92 Å². The van der Waals surface area contributed by atoms with Crippen LogP contribution in [0.5, 0.6) is 0 Å². The van der Waals surface area contributed by atoms with Crippen molar-refractivity contribution in [1.29, 1.82) is 0 Å². The topological polar surface area (TPSA) is 4.93 Å². The highest BCUT2D eigenvalue weighted by molar-refractivity contribution is 5.62. The standard InChI is InChI=1S/C12H17N/c1-6-10-8-12(9(3)4)13(5)11(10)7-2/h6-9H,1-2H2,3-5H3. The summed E-state index contributed by atoms with van der Waals surface area (Å²) < 4.78 is 2.18. The van der Waals surface area contributed by atoms with E-state index in [1.54, 1.807) is 0 Å². The minimum absolute atomic E-state index is 0.539. The Bertz CT molecular complexity index is 329. The normalized spacial score (nSPS) is 10.5. The van der Waals surface area contributed by atoms with Crippen LogP contribution in [-0.4, -0.2) is 4.57 Å². The van der Waals surface area contributed by atoms with Crippen molar-refractivity contribution in [2.24, 2.45) is 7.05 Å². The molecule has 0 radical (unpaired) electrons. The quantitative estimate of drug-likeness (QED) is 0.663. The van der Waals surface area contributed by atoms with Crippen molar-refractivity contribution in [3.8, 4) is 0 Å². The highest BCUT2D eigenvalue weighted by Crippen LogP contribution is 2.23. The summed E-state index contributed by atoms with van der Waals surface area (Å²) in [7, 11) is 2.07. The SMILES string of the molecule is C=Cc1cc(C(C)C)n(C)c1C=C. The van der Waals surface area contributed by atoms with Crippen LogP contribution in [-0.2, 0) is 7.05 Å². The van der Waals surface area contributed by atoms with E-state index in [-0.39, 0.29) is 0 Å². The molecule has 0 aliphatic carbocycles. The van der Waals surface area contributed by atoms with Gasteiger partial charge in [-0.2, -0.15) is 0 Å². The second kappa shape index (κ2) is 3.65. The van der Waals surface area contributed by atoms with Gasteiger partial charge in [-0.1, -0.05) is 33.1 Å². The summed E-state index contributed by atoms with van der Waals surface area (Å²) in [5.41, 5.74) is 3.64. The van der Waals surface area contributed by atoms with Crippen LogP contribution in [0.2, 0.25) is 0 Å². The first-order valence-corrected chi connectivity index (χ1v) is 4.56. The fourth-order valence-corrected chi connectivity index (χ4v) is 1.64. The number of nitrogens with zero attached hydrogens (tertiary/aromatic N) is 1. The molecule has 0 atom stereocenters. The Morgan fingerprint density at radius 2 is 1.92 bits per heavy atom. The van der Waals surface area contributed by atoms with Crippen molar-refractivity contribution in [3.63, 3.8) is 0 Å². The van der Waals surface area contributed by atoms with Crippen LogP contribution in [0.1, 0.15) is 36.7 Å². The lowest BCUT2D eigenvalue weighted by Gasteiger charge is -2.07. The van der Waals surface area contributed by atoms with Gasteiger partial charge in [-0.3, -0.25) is 0 Å². The Morgan fingerprint density at radius 3 is 2.23 bits per heavy atom. The predicted octanol–water partition coefficient (Wildman–Crippen LogP) is 3.43. The average molecular weight is 175 g/mol. The van der Waals surface area contributed by atoms with Crippen LogP contribution in [0, 0.1) is 0 Å². The van der Waals surface area contributed by atoms with E-state index in [1.165, 1.54) is 11.3 Å².